The Kier molecular flexibility index (Phi) is 6.07. The molecule has 0 bridgehead atoms. The van der Waals surface area contributed by atoms with Crippen molar-refractivity contribution < 1.29 is 14.2 Å². The van der Waals surface area contributed by atoms with Crippen molar-refractivity contribution in [3.63, 3.8) is 0 Å². The zero-order valence-electron chi connectivity index (χ0n) is 19.0. The fourth-order valence-electron chi connectivity index (χ4n) is 4.59. The number of aromatic nitrogens is 1. The number of anilines is 1. The summed E-state index contributed by atoms with van der Waals surface area (Å²) in [6.45, 7) is 13.3. The summed E-state index contributed by atoms with van der Waals surface area (Å²) in [6.07, 6.45) is 3.66. The molecule has 2 aliphatic heterocycles. The van der Waals surface area contributed by atoms with Crippen molar-refractivity contribution in [2.45, 2.75) is 65.2 Å². The van der Waals surface area contributed by atoms with E-state index in [1.54, 1.807) is 7.11 Å². The zero-order valence-corrected chi connectivity index (χ0v) is 19.0. The van der Waals surface area contributed by atoms with Gasteiger partial charge in [0, 0.05) is 29.6 Å². The number of rotatable bonds is 8. The molecule has 0 spiro atoms. The fourth-order valence-corrected chi connectivity index (χ4v) is 4.59. The number of nitrogens with zero attached hydrogens (tertiary/aromatic N) is 2. The van der Waals surface area contributed by atoms with E-state index in [9.17, 15) is 0 Å². The number of nitrogens with one attached hydrogen (secondary N) is 1. The predicted molar refractivity (Wildman–Crippen MR) is 121 cm³/mol. The lowest BCUT2D eigenvalue weighted by molar-refractivity contribution is -0.00746. The first-order valence-electron chi connectivity index (χ1n) is 11.2. The molecule has 2 aliphatic rings. The van der Waals surface area contributed by atoms with Crippen molar-refractivity contribution >= 4 is 16.7 Å². The Balaban J connectivity index is 1.63. The summed E-state index contributed by atoms with van der Waals surface area (Å²) in [7, 11) is 1.70. The molecule has 0 amide bonds. The van der Waals surface area contributed by atoms with Gasteiger partial charge in [-0.25, -0.2) is 4.98 Å². The van der Waals surface area contributed by atoms with Crippen LogP contribution in [0.3, 0.4) is 0 Å². The molecule has 0 radical (unpaired) electrons. The lowest BCUT2D eigenvalue weighted by Gasteiger charge is -2.23. The maximum absolute atomic E-state index is 6.13. The van der Waals surface area contributed by atoms with E-state index in [1.165, 1.54) is 31.5 Å². The van der Waals surface area contributed by atoms with Gasteiger partial charge in [-0.15, -0.1) is 0 Å². The van der Waals surface area contributed by atoms with Gasteiger partial charge in [-0.05, 0) is 71.7 Å². The number of pyridine rings is 1. The van der Waals surface area contributed by atoms with Crippen LogP contribution in [0.25, 0.3) is 10.9 Å². The molecule has 0 aliphatic carbocycles. The van der Waals surface area contributed by atoms with Crippen LogP contribution in [0.5, 0.6) is 11.5 Å². The van der Waals surface area contributed by atoms with Gasteiger partial charge in [-0.3, -0.25) is 0 Å². The summed E-state index contributed by atoms with van der Waals surface area (Å²) < 4.78 is 17.9. The van der Waals surface area contributed by atoms with E-state index in [2.05, 4.69) is 44.0 Å². The highest BCUT2D eigenvalue weighted by Crippen LogP contribution is 2.45. The highest BCUT2D eigenvalue weighted by Gasteiger charge is 2.36. The standard InChI is InChI=1S/C24H35N3O3/c1-16(2)25-23-22-18(15-30-24(22,3)4)17-13-20(28-5)21(14-19(17)26-23)29-12-8-11-27-9-6-7-10-27/h13-14,16H,6-12,15H2,1-5H3,(H,25,26). The lowest BCUT2D eigenvalue weighted by Crippen LogP contribution is -2.22. The average Bonchev–Trinajstić information content (AvgIpc) is 3.32. The summed E-state index contributed by atoms with van der Waals surface area (Å²) >= 11 is 0. The first-order valence-corrected chi connectivity index (χ1v) is 11.2. The molecule has 1 N–H and O–H groups in total. The third-order valence-corrected chi connectivity index (χ3v) is 6.06. The quantitative estimate of drug-likeness (QED) is 0.634. The van der Waals surface area contributed by atoms with E-state index in [0.717, 1.165) is 46.7 Å². The van der Waals surface area contributed by atoms with Crippen LogP contribution in [0.2, 0.25) is 0 Å². The van der Waals surface area contributed by atoms with E-state index in [4.69, 9.17) is 19.2 Å². The molecule has 1 fully saturated rings. The topological polar surface area (TPSA) is 55.8 Å². The SMILES string of the molecule is COc1cc2c3c(c(NC(C)C)nc2cc1OCCCN1CCCC1)C(C)(C)OC3. The Morgan fingerprint density at radius 3 is 2.67 bits per heavy atom. The van der Waals surface area contributed by atoms with Crippen LogP contribution < -0.4 is 14.8 Å². The summed E-state index contributed by atoms with van der Waals surface area (Å²) in [5.41, 5.74) is 2.87. The predicted octanol–water partition coefficient (Wildman–Crippen LogP) is 4.69. The summed E-state index contributed by atoms with van der Waals surface area (Å²) in [6, 6.07) is 4.36. The van der Waals surface area contributed by atoms with E-state index in [-0.39, 0.29) is 11.6 Å². The summed E-state index contributed by atoms with van der Waals surface area (Å²) in [5, 5.41) is 4.59. The first kappa shape index (κ1) is 21.2. The molecule has 2 aromatic rings. The number of hydrogen-bond acceptors (Lipinski definition) is 6. The largest absolute Gasteiger partial charge is 0.493 e. The molecule has 0 unspecified atom stereocenters. The molecule has 4 rings (SSSR count). The molecule has 1 aromatic heterocycles. The van der Waals surface area contributed by atoms with Gasteiger partial charge in [0.1, 0.15) is 5.82 Å². The van der Waals surface area contributed by atoms with E-state index < -0.39 is 0 Å². The number of hydrogen-bond donors (Lipinski definition) is 1. The monoisotopic (exact) mass is 413 g/mol. The minimum atomic E-state index is -0.369. The van der Waals surface area contributed by atoms with Crippen molar-refractivity contribution in [3.8, 4) is 11.5 Å². The summed E-state index contributed by atoms with van der Waals surface area (Å²) in [5.74, 6) is 2.41. The maximum atomic E-state index is 6.13. The maximum Gasteiger partial charge on any atom is 0.163 e. The second-order valence-electron chi connectivity index (χ2n) is 9.18. The molecule has 6 heteroatoms. The lowest BCUT2D eigenvalue weighted by atomic mass is 9.93. The van der Waals surface area contributed by atoms with Crippen LogP contribution in [-0.4, -0.2) is 49.3 Å². The number of likely N-dealkylation sites (tertiary alicyclic amines) is 1. The second-order valence-corrected chi connectivity index (χ2v) is 9.18. The van der Waals surface area contributed by atoms with Crippen molar-refractivity contribution in [2.24, 2.45) is 0 Å². The third-order valence-electron chi connectivity index (χ3n) is 6.06. The van der Waals surface area contributed by atoms with E-state index in [0.29, 0.717) is 13.2 Å². The minimum Gasteiger partial charge on any atom is -0.493 e. The van der Waals surface area contributed by atoms with Gasteiger partial charge in [-0.2, -0.15) is 0 Å². The molecule has 1 saturated heterocycles. The highest BCUT2D eigenvalue weighted by molar-refractivity contribution is 5.89. The number of ether oxygens (including phenoxy) is 3. The molecule has 164 valence electrons. The van der Waals surface area contributed by atoms with Gasteiger partial charge < -0.3 is 24.4 Å². The van der Waals surface area contributed by atoms with Crippen LogP contribution in [0.1, 0.15) is 58.1 Å². The van der Waals surface area contributed by atoms with Gasteiger partial charge in [0.05, 0.1) is 31.4 Å². The van der Waals surface area contributed by atoms with E-state index >= 15 is 0 Å². The van der Waals surface area contributed by atoms with E-state index in [1.807, 2.05) is 6.07 Å². The Hall–Kier alpha value is -2.05. The van der Waals surface area contributed by atoms with Gasteiger partial charge in [0.2, 0.25) is 0 Å². The number of benzene rings is 1. The molecular formula is C24H35N3O3. The van der Waals surface area contributed by atoms with Crippen LogP contribution in [0.15, 0.2) is 12.1 Å². The van der Waals surface area contributed by atoms with Gasteiger partial charge in [-0.1, -0.05) is 0 Å². The van der Waals surface area contributed by atoms with Gasteiger partial charge in [0.15, 0.2) is 11.5 Å². The van der Waals surface area contributed by atoms with Crippen molar-refractivity contribution in [3.05, 3.63) is 23.3 Å². The van der Waals surface area contributed by atoms with Crippen molar-refractivity contribution in [1.82, 2.24) is 9.88 Å². The third kappa shape index (κ3) is 4.21. The highest BCUT2D eigenvalue weighted by atomic mass is 16.5. The van der Waals surface area contributed by atoms with Gasteiger partial charge in [0.25, 0.3) is 0 Å². The second kappa shape index (κ2) is 8.60. The Bertz CT molecular complexity index is 904. The normalized spacial score (nSPS) is 18.2. The molecule has 1 aromatic carbocycles. The summed E-state index contributed by atoms with van der Waals surface area (Å²) in [4.78, 5) is 7.49. The molecule has 3 heterocycles. The molecule has 0 atom stereocenters. The fraction of sp³-hybridized carbons (Fsp3) is 0.625. The molecule has 0 saturated carbocycles. The van der Waals surface area contributed by atoms with Crippen LogP contribution in [0, 0.1) is 0 Å². The smallest absolute Gasteiger partial charge is 0.163 e. The van der Waals surface area contributed by atoms with Crippen LogP contribution >= 0.6 is 0 Å². The first-order chi connectivity index (χ1) is 14.4. The molecular weight excluding hydrogens is 378 g/mol. The number of fused-ring (bicyclic) bond motifs is 3. The Labute approximate surface area is 179 Å². The molecule has 6 nitrogen and oxygen atoms in total. The zero-order chi connectivity index (χ0) is 21.3. The Morgan fingerprint density at radius 2 is 1.97 bits per heavy atom. The number of methoxy groups -OCH3 is 1. The van der Waals surface area contributed by atoms with Crippen LogP contribution in [0.4, 0.5) is 5.82 Å². The van der Waals surface area contributed by atoms with Gasteiger partial charge >= 0.3 is 0 Å². The van der Waals surface area contributed by atoms with Crippen LogP contribution in [-0.2, 0) is 16.9 Å². The van der Waals surface area contributed by atoms with Crippen molar-refractivity contribution in [2.75, 3.05) is 38.7 Å². The average molecular weight is 414 g/mol. The van der Waals surface area contributed by atoms with Crippen molar-refractivity contribution in [1.29, 1.82) is 0 Å². The minimum absolute atomic E-state index is 0.287. The molecule has 30 heavy (non-hydrogen) atoms. The Morgan fingerprint density at radius 1 is 1.20 bits per heavy atom.